The fraction of sp³-hybridized carbons (Fsp3) is 0.911. The summed E-state index contributed by atoms with van der Waals surface area (Å²) in [7, 11) is 0. The largest absolute Gasteiger partial charge is 0.462 e. The molecule has 0 spiro atoms. The quantitative estimate of drug-likeness (QED) is 0.103. The minimum absolute atomic E-state index is 0.173. The predicted molar refractivity (Wildman–Crippen MR) is 276 cm³/mol. The molecule has 18 nitrogen and oxygen atoms in total. The molecule has 0 radical (unpaired) electrons. The van der Waals surface area contributed by atoms with Gasteiger partial charge in [0.2, 0.25) is 0 Å². The minimum Gasteiger partial charge on any atom is -0.462 e. The Labute approximate surface area is 442 Å². The van der Waals surface area contributed by atoms with E-state index >= 15 is 24.0 Å². The van der Waals surface area contributed by atoms with Gasteiger partial charge in [-0.15, -0.1) is 0 Å². The van der Waals surface area contributed by atoms with E-state index in [-0.39, 0.29) is 38.5 Å². The zero-order chi connectivity index (χ0) is 56.1. The second-order valence-electron chi connectivity index (χ2n) is 30.0. The van der Waals surface area contributed by atoms with Crippen LogP contribution in [0.3, 0.4) is 0 Å². The van der Waals surface area contributed by atoms with Gasteiger partial charge in [-0.3, -0.25) is 24.0 Å². The second-order valence-corrected chi connectivity index (χ2v) is 30.0. The van der Waals surface area contributed by atoms with Crippen molar-refractivity contribution in [2.24, 2.45) is 29.6 Å². The van der Waals surface area contributed by atoms with E-state index in [1.165, 1.54) is 15.2 Å². The Kier molecular flexibility index (Phi) is 16.3. The fourth-order valence-electron chi connectivity index (χ4n) is 15.3. The van der Waals surface area contributed by atoms with E-state index in [1.54, 1.807) is 0 Å². The molecule has 6 rings (SSSR count). The maximum atomic E-state index is 15.8. The Morgan fingerprint density at radius 3 is 0.743 bits per heavy atom. The van der Waals surface area contributed by atoms with E-state index in [0.29, 0.717) is 25.7 Å². The molecule has 6 fully saturated rings. The minimum atomic E-state index is -1.83. The first-order valence-electron chi connectivity index (χ1n) is 27.4. The normalized spacial score (nSPS) is 33.1. The maximum absolute atomic E-state index is 15.8. The van der Waals surface area contributed by atoms with Crippen molar-refractivity contribution in [2.45, 2.75) is 295 Å². The summed E-state index contributed by atoms with van der Waals surface area (Å²) in [5, 5.41) is 44.8. The third kappa shape index (κ3) is 13.3. The average Bonchev–Trinajstić information content (AvgIpc) is 3.16. The lowest BCUT2D eigenvalue weighted by Crippen LogP contribution is -2.63. The summed E-state index contributed by atoms with van der Waals surface area (Å²) in [5.74, 6) is -12.8. The number of ether oxygens (including phenoxy) is 5. The summed E-state index contributed by atoms with van der Waals surface area (Å²) < 4.78 is 32.5. The summed E-state index contributed by atoms with van der Waals surface area (Å²) in [6, 6.07) is 0. The van der Waals surface area contributed by atoms with E-state index in [2.05, 4.69) is 10.6 Å². The van der Waals surface area contributed by atoms with Crippen molar-refractivity contribution < 1.29 is 63.3 Å². The van der Waals surface area contributed by atoms with Gasteiger partial charge in [0, 0.05) is 120 Å². The SMILES string of the molecule is CC1(C)CC(OC(=O)C2CC(C(=O)OC3CC(C)(C)N(O)C(C)(C)C3)C(C(=O)OC3CC(C)(C)NC(C)(C)C3)C(C(=O)OC3CC(C)(C)N(O)C(C)(C)C3)C2C(=O)OC2CC(C)(C)N(O)C(C)(C)C2)CC(C)(C)N1. The molecule has 74 heavy (non-hydrogen) atoms. The van der Waals surface area contributed by atoms with Crippen LogP contribution >= 0.6 is 0 Å². The molecule has 5 saturated heterocycles. The Hall–Kier alpha value is -2.97. The molecule has 18 heteroatoms. The molecule has 5 aliphatic heterocycles. The van der Waals surface area contributed by atoms with E-state index < -0.39 is 152 Å². The number of carbonyl (C=O) groups is 5. The third-order valence-electron chi connectivity index (χ3n) is 17.1. The molecule has 0 aromatic rings. The average molecular weight is 1050 g/mol. The summed E-state index contributed by atoms with van der Waals surface area (Å²) >= 11 is 0. The van der Waals surface area contributed by atoms with Crippen LogP contribution in [0, 0.1) is 29.6 Å². The van der Waals surface area contributed by atoms with Gasteiger partial charge in [0.15, 0.2) is 0 Å². The van der Waals surface area contributed by atoms with Crippen LogP contribution in [0.25, 0.3) is 0 Å². The smallest absolute Gasteiger partial charge is 0.311 e. The number of rotatable bonds is 10. The van der Waals surface area contributed by atoms with Gasteiger partial charge in [0.05, 0.1) is 29.6 Å². The lowest BCUT2D eigenvalue weighted by Gasteiger charge is -2.52. The number of piperidine rings is 5. The zero-order valence-corrected chi connectivity index (χ0v) is 48.8. The first kappa shape index (κ1) is 60.3. The summed E-state index contributed by atoms with van der Waals surface area (Å²) in [4.78, 5) is 78.0. The van der Waals surface area contributed by atoms with Crippen LogP contribution in [0.4, 0.5) is 0 Å². The number of hydrogen-bond donors (Lipinski definition) is 5. The third-order valence-corrected chi connectivity index (χ3v) is 17.1. The molecule has 424 valence electrons. The molecule has 5 unspecified atom stereocenters. The topological polar surface area (TPSA) is 226 Å². The van der Waals surface area contributed by atoms with Crippen LogP contribution in [-0.4, -0.2) is 147 Å². The van der Waals surface area contributed by atoms with Crippen LogP contribution in [-0.2, 0) is 47.7 Å². The number of hydroxylamine groups is 6. The van der Waals surface area contributed by atoms with Gasteiger partial charge >= 0.3 is 29.8 Å². The molecule has 0 aromatic carbocycles. The van der Waals surface area contributed by atoms with Crippen molar-refractivity contribution in [3.05, 3.63) is 0 Å². The molecule has 0 aromatic heterocycles. The van der Waals surface area contributed by atoms with Crippen LogP contribution in [0.15, 0.2) is 0 Å². The highest BCUT2D eigenvalue weighted by Gasteiger charge is 2.63. The highest BCUT2D eigenvalue weighted by Crippen LogP contribution is 2.50. The van der Waals surface area contributed by atoms with Gasteiger partial charge in [-0.1, -0.05) is 0 Å². The van der Waals surface area contributed by atoms with Crippen LogP contribution < -0.4 is 10.6 Å². The van der Waals surface area contributed by atoms with Gasteiger partial charge in [0.25, 0.3) is 0 Å². The molecular weight excluding hydrogens is 951 g/mol. The molecule has 1 aliphatic carbocycles. The van der Waals surface area contributed by atoms with Crippen molar-refractivity contribution in [3.63, 3.8) is 0 Å². The second kappa shape index (κ2) is 20.0. The van der Waals surface area contributed by atoms with Crippen molar-refractivity contribution in [3.8, 4) is 0 Å². The zero-order valence-electron chi connectivity index (χ0n) is 48.8. The molecule has 1 saturated carbocycles. The van der Waals surface area contributed by atoms with Gasteiger partial charge < -0.3 is 49.9 Å². The molecule has 6 aliphatic rings. The van der Waals surface area contributed by atoms with Gasteiger partial charge in [-0.2, -0.15) is 15.2 Å². The van der Waals surface area contributed by atoms with E-state index in [1.807, 2.05) is 138 Å². The van der Waals surface area contributed by atoms with Crippen LogP contribution in [0.2, 0.25) is 0 Å². The van der Waals surface area contributed by atoms with E-state index in [9.17, 15) is 15.6 Å². The molecule has 5 heterocycles. The molecule has 0 bridgehead atoms. The van der Waals surface area contributed by atoms with Crippen molar-refractivity contribution >= 4 is 29.8 Å². The predicted octanol–water partition coefficient (Wildman–Crippen LogP) is 8.04. The number of carbonyl (C=O) groups excluding carboxylic acids is 5. The fourth-order valence-corrected chi connectivity index (χ4v) is 15.3. The summed E-state index contributed by atoms with van der Waals surface area (Å²) in [6.45, 7) is 38.1. The Morgan fingerprint density at radius 2 is 0.514 bits per heavy atom. The molecule has 5 atom stereocenters. The summed E-state index contributed by atoms with van der Waals surface area (Å²) in [6.07, 6.45) is -1.32. The molecule has 0 amide bonds. The van der Waals surface area contributed by atoms with Crippen molar-refractivity contribution in [1.82, 2.24) is 25.8 Å². The lowest BCUT2D eigenvalue weighted by atomic mass is 9.61. The maximum Gasteiger partial charge on any atom is 0.311 e. The van der Waals surface area contributed by atoms with E-state index in [0.717, 1.165) is 0 Å². The van der Waals surface area contributed by atoms with Crippen molar-refractivity contribution in [2.75, 3.05) is 0 Å². The highest BCUT2D eigenvalue weighted by atomic mass is 16.6. The Bertz CT molecular complexity index is 2050. The first-order valence-corrected chi connectivity index (χ1v) is 27.4. The Morgan fingerprint density at radius 1 is 0.324 bits per heavy atom. The van der Waals surface area contributed by atoms with Gasteiger partial charge in [-0.25, -0.2) is 0 Å². The molecule has 5 N–H and O–H groups in total. The number of nitrogens with one attached hydrogen (secondary N) is 2. The number of hydrogen-bond acceptors (Lipinski definition) is 18. The lowest BCUT2D eigenvalue weighted by molar-refractivity contribution is -0.263. The standard InChI is InChI=1S/C56H97N5O13/c1-47(2)22-32(23-48(3,4)57-47)70-42(62)37-21-38(43(63)71-34-26-51(9,10)59(67)52(11,12)27-34)39(44(64)72-33-24-49(5,6)58-50(7,8)25-33)41(46(66)74-36-30-55(17,18)61(69)56(19,20)31-36)40(37)45(65)73-35-28-53(13,14)60(68)54(15,16)29-35/h32-41,57-58,67-69H,21-31H2,1-20H3. The number of esters is 5. The molecular formula is C56H97N5O13. The van der Waals surface area contributed by atoms with Crippen LogP contribution in [0.1, 0.15) is 209 Å². The van der Waals surface area contributed by atoms with Crippen molar-refractivity contribution in [1.29, 1.82) is 0 Å². The Balaban J connectivity index is 1.53. The van der Waals surface area contributed by atoms with Crippen LogP contribution in [0.5, 0.6) is 0 Å². The monoisotopic (exact) mass is 1050 g/mol. The van der Waals surface area contributed by atoms with Gasteiger partial charge in [-0.05, 0) is 145 Å². The first-order chi connectivity index (χ1) is 33.3. The summed E-state index contributed by atoms with van der Waals surface area (Å²) in [5.41, 5.74) is -7.04. The van der Waals surface area contributed by atoms with E-state index in [4.69, 9.17) is 23.7 Å². The number of nitrogens with zero attached hydrogens (tertiary/aromatic N) is 3. The van der Waals surface area contributed by atoms with Gasteiger partial charge in [0.1, 0.15) is 30.5 Å². The highest BCUT2D eigenvalue weighted by molar-refractivity contribution is 5.94.